The molecule has 1 aliphatic rings. The van der Waals surface area contributed by atoms with E-state index in [-0.39, 0.29) is 0 Å². The van der Waals surface area contributed by atoms with E-state index in [2.05, 4.69) is 34.9 Å². The third-order valence-electron chi connectivity index (χ3n) is 5.43. The summed E-state index contributed by atoms with van der Waals surface area (Å²) < 4.78 is 5.83. The molecule has 8 nitrogen and oxygen atoms in total. The SMILES string of the molecule is Clc1cccc(COc2cncc(N3CCN(c4ccc(-c5ccncc5)nn4)CC3)n2)c1. The fourth-order valence-electron chi connectivity index (χ4n) is 3.68. The van der Waals surface area contributed by atoms with Gasteiger partial charge in [-0.3, -0.25) is 9.97 Å². The Bertz CT molecular complexity index is 1200. The van der Waals surface area contributed by atoms with E-state index in [0.717, 1.165) is 54.6 Å². The van der Waals surface area contributed by atoms with Gasteiger partial charge in [0.15, 0.2) is 11.6 Å². The smallest absolute Gasteiger partial charge is 0.234 e. The first-order chi connectivity index (χ1) is 16.2. The van der Waals surface area contributed by atoms with E-state index in [0.29, 0.717) is 17.5 Å². The lowest BCUT2D eigenvalue weighted by Gasteiger charge is -2.35. The third-order valence-corrected chi connectivity index (χ3v) is 5.66. The molecule has 3 aromatic heterocycles. The molecule has 9 heteroatoms. The second kappa shape index (κ2) is 9.79. The standard InChI is InChI=1S/C24H22ClN7O/c25-20-3-1-2-18(14-20)17-33-24-16-27-15-23(28-24)32-12-10-31(11-13-32)22-5-4-21(29-30-22)19-6-8-26-9-7-19/h1-9,14-16H,10-13,17H2. The summed E-state index contributed by atoms with van der Waals surface area (Å²) in [5.74, 6) is 2.17. The van der Waals surface area contributed by atoms with Crippen LogP contribution in [0.4, 0.5) is 11.6 Å². The Balaban J connectivity index is 1.18. The van der Waals surface area contributed by atoms with Crippen molar-refractivity contribution >= 4 is 23.2 Å². The molecule has 0 unspecified atom stereocenters. The topological polar surface area (TPSA) is 80.2 Å². The molecular formula is C24H22ClN7O. The highest BCUT2D eigenvalue weighted by Gasteiger charge is 2.20. The van der Waals surface area contributed by atoms with Crippen molar-refractivity contribution in [3.8, 4) is 17.1 Å². The molecule has 0 radical (unpaired) electrons. The maximum absolute atomic E-state index is 6.04. The Labute approximate surface area is 196 Å². The van der Waals surface area contributed by atoms with Gasteiger partial charge in [-0.15, -0.1) is 10.2 Å². The van der Waals surface area contributed by atoms with Crippen molar-refractivity contribution in [3.05, 3.63) is 83.9 Å². The van der Waals surface area contributed by atoms with E-state index in [1.165, 1.54) is 0 Å². The fourth-order valence-corrected chi connectivity index (χ4v) is 3.89. The minimum Gasteiger partial charge on any atom is -0.472 e. The van der Waals surface area contributed by atoms with Gasteiger partial charge in [-0.1, -0.05) is 23.7 Å². The summed E-state index contributed by atoms with van der Waals surface area (Å²) >= 11 is 6.04. The average Bonchev–Trinajstić information content (AvgIpc) is 2.88. The number of rotatable bonds is 6. The van der Waals surface area contributed by atoms with Gasteiger partial charge >= 0.3 is 0 Å². The van der Waals surface area contributed by atoms with Gasteiger partial charge < -0.3 is 14.5 Å². The van der Waals surface area contributed by atoms with Gasteiger partial charge in [-0.25, -0.2) is 0 Å². The molecule has 4 heterocycles. The predicted molar refractivity (Wildman–Crippen MR) is 128 cm³/mol. The van der Waals surface area contributed by atoms with Gasteiger partial charge in [-0.2, -0.15) is 4.98 Å². The number of piperazine rings is 1. The van der Waals surface area contributed by atoms with Crippen molar-refractivity contribution in [2.45, 2.75) is 6.61 Å². The number of halogens is 1. The largest absolute Gasteiger partial charge is 0.472 e. The number of hydrogen-bond donors (Lipinski definition) is 0. The second-order valence-electron chi connectivity index (χ2n) is 7.62. The van der Waals surface area contributed by atoms with Gasteiger partial charge in [-0.05, 0) is 42.0 Å². The summed E-state index contributed by atoms with van der Waals surface area (Å²) in [6.45, 7) is 3.64. The van der Waals surface area contributed by atoms with Crippen LogP contribution in [0.5, 0.6) is 5.88 Å². The molecule has 33 heavy (non-hydrogen) atoms. The molecule has 1 aliphatic heterocycles. The first-order valence-corrected chi connectivity index (χ1v) is 11.1. The van der Waals surface area contributed by atoms with Crippen molar-refractivity contribution in [1.82, 2.24) is 25.1 Å². The molecule has 0 bridgehead atoms. The van der Waals surface area contributed by atoms with Crippen molar-refractivity contribution in [3.63, 3.8) is 0 Å². The predicted octanol–water partition coefficient (Wildman–Crippen LogP) is 3.89. The van der Waals surface area contributed by atoms with E-state index in [9.17, 15) is 0 Å². The minimum atomic E-state index is 0.390. The molecular weight excluding hydrogens is 438 g/mol. The average molecular weight is 460 g/mol. The normalized spacial score (nSPS) is 13.7. The zero-order valence-corrected chi connectivity index (χ0v) is 18.6. The maximum Gasteiger partial charge on any atom is 0.234 e. The Kier molecular flexibility index (Phi) is 6.25. The molecule has 0 N–H and O–H groups in total. The molecule has 0 atom stereocenters. The lowest BCUT2D eigenvalue weighted by molar-refractivity contribution is 0.292. The number of ether oxygens (including phenoxy) is 1. The fraction of sp³-hybridized carbons (Fsp3) is 0.208. The monoisotopic (exact) mass is 459 g/mol. The van der Waals surface area contributed by atoms with Gasteiger partial charge in [0.1, 0.15) is 6.61 Å². The van der Waals surface area contributed by atoms with Crippen LogP contribution in [-0.2, 0) is 6.61 Å². The molecule has 0 spiro atoms. The van der Waals surface area contributed by atoms with Gasteiger partial charge in [0.2, 0.25) is 5.88 Å². The molecule has 1 saturated heterocycles. The summed E-state index contributed by atoms with van der Waals surface area (Å²) in [5, 5.41) is 9.50. The first kappa shape index (κ1) is 21.1. The van der Waals surface area contributed by atoms with Crippen molar-refractivity contribution in [2.24, 2.45) is 0 Å². The van der Waals surface area contributed by atoms with E-state index in [1.807, 2.05) is 48.5 Å². The van der Waals surface area contributed by atoms with Crippen LogP contribution in [0.3, 0.4) is 0 Å². The molecule has 4 aromatic rings. The molecule has 1 aromatic carbocycles. The van der Waals surface area contributed by atoms with Crippen LogP contribution in [0.2, 0.25) is 5.02 Å². The highest BCUT2D eigenvalue weighted by molar-refractivity contribution is 6.30. The summed E-state index contributed by atoms with van der Waals surface area (Å²) in [6, 6.07) is 15.5. The highest BCUT2D eigenvalue weighted by atomic mass is 35.5. The van der Waals surface area contributed by atoms with Gasteiger partial charge in [0, 0.05) is 49.2 Å². The van der Waals surface area contributed by atoms with E-state index >= 15 is 0 Å². The van der Waals surface area contributed by atoms with Crippen LogP contribution < -0.4 is 14.5 Å². The highest BCUT2D eigenvalue weighted by Crippen LogP contribution is 2.21. The summed E-state index contributed by atoms with van der Waals surface area (Å²) in [7, 11) is 0. The Hall–Kier alpha value is -3.78. The van der Waals surface area contributed by atoms with Crippen molar-refractivity contribution in [1.29, 1.82) is 0 Å². The van der Waals surface area contributed by atoms with Crippen LogP contribution in [0.1, 0.15) is 5.56 Å². The Morgan fingerprint density at radius 2 is 1.61 bits per heavy atom. The molecule has 5 rings (SSSR count). The summed E-state index contributed by atoms with van der Waals surface area (Å²) in [6.07, 6.45) is 6.91. The van der Waals surface area contributed by atoms with E-state index < -0.39 is 0 Å². The number of nitrogens with zero attached hydrogens (tertiary/aromatic N) is 7. The van der Waals surface area contributed by atoms with Crippen LogP contribution in [-0.4, -0.2) is 51.3 Å². The minimum absolute atomic E-state index is 0.390. The Morgan fingerprint density at radius 1 is 0.818 bits per heavy atom. The van der Waals surface area contributed by atoms with Crippen LogP contribution >= 0.6 is 11.6 Å². The van der Waals surface area contributed by atoms with Gasteiger partial charge in [0.05, 0.1) is 18.1 Å². The van der Waals surface area contributed by atoms with Crippen LogP contribution in [0.25, 0.3) is 11.3 Å². The third kappa shape index (κ3) is 5.18. The van der Waals surface area contributed by atoms with Crippen LogP contribution in [0, 0.1) is 0 Å². The quantitative estimate of drug-likeness (QED) is 0.429. The number of pyridine rings is 1. The van der Waals surface area contributed by atoms with Crippen molar-refractivity contribution < 1.29 is 4.74 Å². The molecule has 0 aliphatic carbocycles. The van der Waals surface area contributed by atoms with Crippen LogP contribution in [0.15, 0.2) is 73.3 Å². The zero-order valence-electron chi connectivity index (χ0n) is 17.9. The summed E-state index contributed by atoms with van der Waals surface area (Å²) in [4.78, 5) is 17.4. The molecule has 0 amide bonds. The van der Waals surface area contributed by atoms with E-state index in [4.69, 9.17) is 16.3 Å². The number of aromatic nitrogens is 5. The molecule has 1 fully saturated rings. The maximum atomic E-state index is 6.04. The van der Waals surface area contributed by atoms with E-state index in [1.54, 1.807) is 24.8 Å². The second-order valence-corrected chi connectivity index (χ2v) is 8.06. The molecule has 166 valence electrons. The van der Waals surface area contributed by atoms with Crippen molar-refractivity contribution in [2.75, 3.05) is 36.0 Å². The zero-order chi connectivity index (χ0) is 22.5. The summed E-state index contributed by atoms with van der Waals surface area (Å²) in [5.41, 5.74) is 2.83. The molecule has 0 saturated carbocycles. The number of benzene rings is 1. The lowest BCUT2D eigenvalue weighted by atomic mass is 10.2. The first-order valence-electron chi connectivity index (χ1n) is 10.7. The van der Waals surface area contributed by atoms with Gasteiger partial charge in [0.25, 0.3) is 0 Å². The lowest BCUT2D eigenvalue weighted by Crippen LogP contribution is -2.47. The number of hydrogen-bond acceptors (Lipinski definition) is 8. The Morgan fingerprint density at radius 3 is 2.33 bits per heavy atom. The number of anilines is 2.